The lowest BCUT2D eigenvalue weighted by atomic mass is 9.92. The molecule has 2 aliphatic carbocycles. The highest BCUT2D eigenvalue weighted by molar-refractivity contribution is 6.27. The molecule has 14 rings (SSSR count). The summed E-state index contributed by atoms with van der Waals surface area (Å²) in [4.78, 5) is 11.0. The highest BCUT2D eigenvalue weighted by atomic mass is 15.0. The van der Waals surface area contributed by atoms with Crippen LogP contribution in [0.1, 0.15) is 29.2 Å². The third kappa shape index (κ3) is 4.38. The predicted molar refractivity (Wildman–Crippen MR) is 250 cm³/mol. The number of hydrogen-bond donors (Lipinski definition) is 0. The van der Waals surface area contributed by atoms with Crippen molar-refractivity contribution < 1.29 is 0 Å². The van der Waals surface area contributed by atoms with Crippen molar-refractivity contribution in [2.45, 2.75) is 18.9 Å². The van der Waals surface area contributed by atoms with Gasteiger partial charge in [0.15, 0.2) is 5.82 Å². The number of rotatable bonds is 3. The topological polar surface area (TPSA) is 30.7 Å². The van der Waals surface area contributed by atoms with Crippen LogP contribution in [-0.4, -0.2) is 14.5 Å². The Labute approximate surface area is 346 Å². The highest BCUT2D eigenvalue weighted by Crippen LogP contribution is 2.50. The molecule has 3 aliphatic rings. The second-order valence-electron chi connectivity index (χ2n) is 16.8. The average Bonchev–Trinajstić information content (AvgIpc) is 3.96. The van der Waals surface area contributed by atoms with Crippen LogP contribution in [-0.2, 0) is 6.42 Å². The molecule has 0 spiro atoms. The third-order valence-electron chi connectivity index (χ3n) is 13.6. The number of allylic oxidation sites excluding steroid dienone is 4. The molecule has 3 heteroatoms. The molecule has 9 aromatic carbocycles. The van der Waals surface area contributed by atoms with E-state index < -0.39 is 0 Å². The molecule has 60 heavy (non-hydrogen) atoms. The minimum absolute atomic E-state index is 0.369. The van der Waals surface area contributed by atoms with Gasteiger partial charge in [0, 0.05) is 38.2 Å². The lowest BCUT2D eigenvalue weighted by molar-refractivity contribution is 0.685. The van der Waals surface area contributed by atoms with Crippen molar-refractivity contribution in [1.29, 1.82) is 0 Å². The Balaban J connectivity index is 0.943. The van der Waals surface area contributed by atoms with E-state index in [9.17, 15) is 0 Å². The summed E-state index contributed by atoms with van der Waals surface area (Å²) in [6.07, 6.45) is 8.83. The molecule has 0 N–H and O–H groups in total. The van der Waals surface area contributed by atoms with Gasteiger partial charge in [-0.2, -0.15) is 0 Å². The SMILES string of the molecule is C1=CCC2C(=C1)c1cccc3c4cc5cc6c(cc5cc4n2c13)Cc1ccc(-c2ccccc2-c2nc(-c3ccccc3)c3c4ccccc4c4ccccc4c3n2)cc1-6. The van der Waals surface area contributed by atoms with Crippen LogP contribution in [0, 0.1) is 0 Å². The van der Waals surface area contributed by atoms with Crippen LogP contribution in [0.2, 0.25) is 0 Å². The van der Waals surface area contributed by atoms with Gasteiger partial charge < -0.3 is 4.57 Å². The molecule has 0 saturated heterocycles. The van der Waals surface area contributed by atoms with Gasteiger partial charge in [0.2, 0.25) is 0 Å². The number of nitrogens with zero attached hydrogens (tertiary/aromatic N) is 3. The van der Waals surface area contributed by atoms with E-state index in [0.29, 0.717) is 6.04 Å². The van der Waals surface area contributed by atoms with Crippen LogP contribution in [0.5, 0.6) is 0 Å². The molecule has 0 bridgehead atoms. The summed E-state index contributed by atoms with van der Waals surface area (Å²) in [7, 11) is 0. The first kappa shape index (κ1) is 32.3. The van der Waals surface area contributed by atoms with E-state index >= 15 is 0 Å². The van der Waals surface area contributed by atoms with E-state index in [0.717, 1.165) is 57.3 Å². The van der Waals surface area contributed by atoms with Crippen molar-refractivity contribution >= 4 is 70.6 Å². The zero-order valence-electron chi connectivity index (χ0n) is 32.7. The van der Waals surface area contributed by atoms with E-state index in [-0.39, 0.29) is 0 Å². The molecule has 1 aliphatic heterocycles. The number of benzene rings is 9. The molecule has 1 unspecified atom stereocenters. The molecule has 11 aromatic rings. The maximum absolute atomic E-state index is 5.50. The molecule has 3 nitrogen and oxygen atoms in total. The van der Waals surface area contributed by atoms with Crippen LogP contribution in [0.4, 0.5) is 0 Å². The van der Waals surface area contributed by atoms with Gasteiger partial charge >= 0.3 is 0 Å². The summed E-state index contributed by atoms with van der Waals surface area (Å²) < 4.78 is 2.62. The van der Waals surface area contributed by atoms with Crippen molar-refractivity contribution in [3.05, 3.63) is 199 Å². The summed E-state index contributed by atoms with van der Waals surface area (Å²) in [5.74, 6) is 0.732. The van der Waals surface area contributed by atoms with E-state index in [1.165, 1.54) is 87.7 Å². The van der Waals surface area contributed by atoms with Crippen LogP contribution < -0.4 is 0 Å². The van der Waals surface area contributed by atoms with E-state index in [4.69, 9.17) is 9.97 Å². The number of fused-ring (bicyclic) bond motifs is 16. The second-order valence-corrected chi connectivity index (χ2v) is 16.8. The van der Waals surface area contributed by atoms with Crippen LogP contribution in [0.3, 0.4) is 0 Å². The molecule has 1 atom stereocenters. The summed E-state index contributed by atoms with van der Waals surface area (Å²) in [5, 5.41) is 11.1. The molecular weight excluding hydrogens is 727 g/mol. The van der Waals surface area contributed by atoms with E-state index in [2.05, 4.69) is 187 Å². The van der Waals surface area contributed by atoms with E-state index in [1.54, 1.807) is 0 Å². The third-order valence-corrected chi connectivity index (χ3v) is 13.6. The second kappa shape index (κ2) is 12.0. The molecule has 3 heterocycles. The number of para-hydroxylation sites is 1. The Morgan fingerprint density at radius 2 is 1.20 bits per heavy atom. The average molecular weight is 762 g/mol. The maximum Gasteiger partial charge on any atom is 0.161 e. The Bertz CT molecular complexity index is 3770. The standard InChI is InChI=1S/C57H35N3/c1-2-13-33(14-3-1)54-53-43-19-7-5-16-40(43)41-17-6-8-20-44(41)55(53)59-57(58-54)47-21-9-4-15-39(47)35-26-25-34-27-38-28-36-32-52-50(31-37(36)30-49(38)48(34)29-35)46-23-12-22-45-42-18-10-11-24-51(42)60(52)56(45)46/h1-23,25-26,28-32,51H,24,27H2. The highest BCUT2D eigenvalue weighted by Gasteiger charge is 2.32. The van der Waals surface area contributed by atoms with Gasteiger partial charge in [-0.3, -0.25) is 0 Å². The molecule has 2 aromatic heterocycles. The molecule has 0 radical (unpaired) electrons. The van der Waals surface area contributed by atoms with Crippen molar-refractivity contribution in [3.8, 4) is 44.9 Å². The minimum atomic E-state index is 0.369. The maximum atomic E-state index is 5.50. The molecular formula is C57H35N3. The van der Waals surface area contributed by atoms with Gasteiger partial charge in [-0.25, -0.2) is 9.97 Å². The van der Waals surface area contributed by atoms with Crippen LogP contribution >= 0.6 is 0 Å². The predicted octanol–water partition coefficient (Wildman–Crippen LogP) is 14.7. The van der Waals surface area contributed by atoms with Gasteiger partial charge in [-0.1, -0.05) is 158 Å². The fraction of sp³-hybridized carbons (Fsp3) is 0.0526. The Hall–Kier alpha value is -7.62. The van der Waals surface area contributed by atoms with Gasteiger partial charge in [-0.15, -0.1) is 0 Å². The summed E-state index contributed by atoms with van der Waals surface area (Å²) in [6.45, 7) is 0. The quantitative estimate of drug-likeness (QED) is 0.168. The zero-order chi connectivity index (χ0) is 39.1. The first-order valence-electron chi connectivity index (χ1n) is 21.1. The van der Waals surface area contributed by atoms with Gasteiger partial charge in [0.05, 0.1) is 28.3 Å². The molecule has 0 fully saturated rings. The Morgan fingerprint density at radius 1 is 0.483 bits per heavy atom. The van der Waals surface area contributed by atoms with Gasteiger partial charge in [-0.05, 0) is 103 Å². The molecule has 0 amide bonds. The van der Waals surface area contributed by atoms with Gasteiger partial charge in [0.1, 0.15) is 0 Å². The van der Waals surface area contributed by atoms with Crippen LogP contribution in [0.25, 0.3) is 115 Å². The summed E-state index contributed by atoms with van der Waals surface area (Å²) >= 11 is 0. The lowest BCUT2D eigenvalue weighted by Crippen LogP contribution is -2.05. The molecule has 0 saturated carbocycles. The number of hydrogen-bond acceptors (Lipinski definition) is 2. The summed E-state index contributed by atoms with van der Waals surface area (Å²) in [6, 6.07) is 60.7. The number of aromatic nitrogens is 3. The largest absolute Gasteiger partial charge is 0.332 e. The lowest BCUT2D eigenvalue weighted by Gasteiger charge is -2.18. The van der Waals surface area contributed by atoms with Crippen molar-refractivity contribution in [1.82, 2.24) is 14.5 Å². The van der Waals surface area contributed by atoms with Gasteiger partial charge in [0.25, 0.3) is 0 Å². The monoisotopic (exact) mass is 761 g/mol. The van der Waals surface area contributed by atoms with Crippen molar-refractivity contribution in [3.63, 3.8) is 0 Å². The summed E-state index contributed by atoms with van der Waals surface area (Å²) in [5.41, 5.74) is 17.3. The first-order chi connectivity index (χ1) is 29.7. The normalized spacial score (nSPS) is 15.1. The first-order valence-corrected chi connectivity index (χ1v) is 21.1. The molecule has 278 valence electrons. The van der Waals surface area contributed by atoms with E-state index in [1.807, 2.05) is 0 Å². The Kier molecular flexibility index (Phi) is 6.45. The fourth-order valence-corrected chi connectivity index (χ4v) is 11.0. The van der Waals surface area contributed by atoms with Crippen molar-refractivity contribution in [2.24, 2.45) is 0 Å². The van der Waals surface area contributed by atoms with Crippen LogP contribution in [0.15, 0.2) is 182 Å². The Morgan fingerprint density at radius 3 is 2.08 bits per heavy atom. The smallest absolute Gasteiger partial charge is 0.161 e. The fourth-order valence-electron chi connectivity index (χ4n) is 11.0. The minimum Gasteiger partial charge on any atom is -0.332 e. The van der Waals surface area contributed by atoms with Crippen molar-refractivity contribution in [2.75, 3.05) is 0 Å². The zero-order valence-corrected chi connectivity index (χ0v) is 32.7.